The Balaban J connectivity index is 1.49. The van der Waals surface area contributed by atoms with Gasteiger partial charge in [-0.1, -0.05) is 61.3 Å². The molecule has 35 heavy (non-hydrogen) atoms. The molecule has 0 aliphatic heterocycles. The molecule has 0 spiro atoms. The maximum atomic E-state index is 13.5. The van der Waals surface area contributed by atoms with Crippen LogP contribution < -0.4 is 5.69 Å². The summed E-state index contributed by atoms with van der Waals surface area (Å²) in [6.45, 7) is 4.54. The van der Waals surface area contributed by atoms with Crippen LogP contribution in [0.5, 0.6) is 0 Å². The first-order valence-corrected chi connectivity index (χ1v) is 11.8. The zero-order valence-corrected chi connectivity index (χ0v) is 20.2. The van der Waals surface area contributed by atoms with E-state index in [1.807, 2.05) is 66.2 Å². The second-order valence-corrected chi connectivity index (χ2v) is 8.79. The number of hydrogen-bond acceptors (Lipinski definition) is 5. The van der Waals surface area contributed by atoms with Crippen LogP contribution in [0.15, 0.2) is 71.9 Å². The quantitative estimate of drug-likeness (QED) is 0.356. The third kappa shape index (κ3) is 4.40. The van der Waals surface area contributed by atoms with Gasteiger partial charge in [0.25, 0.3) is 0 Å². The van der Waals surface area contributed by atoms with Crippen LogP contribution in [-0.2, 0) is 13.0 Å². The number of aromatic amines is 1. The Kier molecular flexibility index (Phi) is 6.29. The summed E-state index contributed by atoms with van der Waals surface area (Å²) in [5, 5.41) is 14.7. The molecule has 0 saturated carbocycles. The Hall–Kier alpha value is -4.04. The van der Waals surface area contributed by atoms with Crippen LogP contribution in [0.1, 0.15) is 30.2 Å². The number of tetrazole rings is 1. The Bertz CT molecular complexity index is 1500. The van der Waals surface area contributed by atoms with Gasteiger partial charge in [0.1, 0.15) is 0 Å². The van der Waals surface area contributed by atoms with Gasteiger partial charge in [-0.2, -0.15) is 0 Å². The summed E-state index contributed by atoms with van der Waals surface area (Å²) in [5.74, 6) is 0.582. The number of halogens is 1. The van der Waals surface area contributed by atoms with E-state index in [1.165, 1.54) is 0 Å². The highest BCUT2D eigenvalue weighted by atomic mass is 35.5. The molecule has 0 amide bonds. The minimum Gasteiger partial charge on any atom is -0.292 e. The zero-order chi connectivity index (χ0) is 24.4. The maximum Gasteiger partial charge on any atom is 0.333 e. The molecule has 0 aliphatic carbocycles. The van der Waals surface area contributed by atoms with Crippen LogP contribution >= 0.6 is 11.6 Å². The van der Waals surface area contributed by atoms with Gasteiger partial charge in [-0.05, 0) is 52.6 Å². The molecule has 176 valence electrons. The Morgan fingerprint density at radius 2 is 1.89 bits per heavy atom. The van der Waals surface area contributed by atoms with Crippen LogP contribution in [0, 0.1) is 6.92 Å². The number of aryl methyl sites for hydroxylation is 2. The molecule has 5 rings (SSSR count). The number of hydrogen-bond donors (Lipinski definition) is 1. The van der Waals surface area contributed by atoms with Crippen molar-refractivity contribution in [2.75, 3.05) is 0 Å². The van der Waals surface area contributed by atoms with Gasteiger partial charge >= 0.3 is 5.69 Å². The largest absolute Gasteiger partial charge is 0.333 e. The Labute approximate surface area is 207 Å². The molecular weight excluding hydrogens is 462 g/mol. The molecular formula is C26H24ClN7O. The van der Waals surface area contributed by atoms with E-state index in [-0.39, 0.29) is 5.69 Å². The number of nitrogens with zero attached hydrogens (tertiary/aromatic N) is 6. The summed E-state index contributed by atoms with van der Waals surface area (Å²) in [5.41, 5.74) is 6.37. The fourth-order valence-corrected chi connectivity index (χ4v) is 4.63. The molecule has 0 aliphatic rings. The second kappa shape index (κ2) is 9.68. The van der Waals surface area contributed by atoms with E-state index < -0.39 is 0 Å². The van der Waals surface area contributed by atoms with E-state index in [0.29, 0.717) is 17.4 Å². The van der Waals surface area contributed by atoms with Gasteiger partial charge in [-0.15, -0.1) is 5.10 Å². The molecule has 0 unspecified atom stereocenters. The van der Waals surface area contributed by atoms with Crippen molar-refractivity contribution in [1.82, 2.24) is 34.7 Å². The summed E-state index contributed by atoms with van der Waals surface area (Å²) >= 11 is 6.47. The van der Waals surface area contributed by atoms with Gasteiger partial charge in [-0.3, -0.25) is 14.1 Å². The lowest BCUT2D eigenvalue weighted by molar-refractivity contribution is 0.691. The van der Waals surface area contributed by atoms with Crippen molar-refractivity contribution in [3.63, 3.8) is 0 Å². The molecule has 0 saturated heterocycles. The molecule has 5 aromatic rings. The highest BCUT2D eigenvalue weighted by Crippen LogP contribution is 2.29. The van der Waals surface area contributed by atoms with Gasteiger partial charge in [0.05, 0.1) is 17.3 Å². The van der Waals surface area contributed by atoms with Crippen LogP contribution in [0.2, 0.25) is 5.02 Å². The third-order valence-electron chi connectivity index (χ3n) is 6.02. The highest BCUT2D eigenvalue weighted by Gasteiger charge is 2.16. The SMILES string of the molecule is CCCc1cn(-c2c(C)cccc2Cl)c(=O)n1Cc1ccc(-c2cnccc2-c2nnn[nH]2)cc1. The van der Waals surface area contributed by atoms with Gasteiger partial charge in [0.15, 0.2) is 5.82 Å². The smallest absolute Gasteiger partial charge is 0.292 e. The number of benzene rings is 2. The predicted octanol–water partition coefficient (Wildman–Crippen LogP) is 4.84. The standard InChI is InChI=1S/C26H24ClN7O/c1-3-5-20-16-34(24-17(2)6-4-7-23(24)27)26(35)33(20)15-18-8-10-19(11-9-18)22-14-28-13-12-21(22)25-29-31-32-30-25/h4,6-14,16H,3,5,15H2,1-2H3,(H,29,30,31,32). The molecule has 3 heterocycles. The van der Waals surface area contributed by atoms with Crippen LogP contribution in [-0.4, -0.2) is 34.7 Å². The first-order chi connectivity index (χ1) is 17.1. The molecule has 0 fully saturated rings. The minimum atomic E-state index is -0.0962. The highest BCUT2D eigenvalue weighted by molar-refractivity contribution is 6.32. The van der Waals surface area contributed by atoms with E-state index in [1.54, 1.807) is 17.0 Å². The van der Waals surface area contributed by atoms with Gasteiger partial charge in [0, 0.05) is 35.4 Å². The number of imidazole rings is 1. The molecule has 2 aromatic carbocycles. The van der Waals surface area contributed by atoms with E-state index >= 15 is 0 Å². The van der Waals surface area contributed by atoms with Crippen LogP contribution in [0.4, 0.5) is 0 Å². The molecule has 0 atom stereocenters. The topological polar surface area (TPSA) is 94.3 Å². The number of pyridine rings is 1. The zero-order valence-electron chi connectivity index (χ0n) is 19.4. The molecule has 8 nitrogen and oxygen atoms in total. The number of rotatable bonds is 7. The Morgan fingerprint density at radius 1 is 1.06 bits per heavy atom. The van der Waals surface area contributed by atoms with Crippen molar-refractivity contribution < 1.29 is 0 Å². The van der Waals surface area contributed by atoms with Crippen molar-refractivity contribution in [2.45, 2.75) is 33.2 Å². The molecule has 0 bridgehead atoms. The average Bonchev–Trinajstić information content (AvgIpc) is 3.50. The number of aromatic nitrogens is 7. The van der Waals surface area contributed by atoms with Crippen molar-refractivity contribution in [3.05, 3.63) is 99.4 Å². The van der Waals surface area contributed by atoms with Gasteiger partial charge in [-0.25, -0.2) is 9.89 Å². The first-order valence-electron chi connectivity index (χ1n) is 11.4. The lowest BCUT2D eigenvalue weighted by atomic mass is 10.0. The van der Waals surface area contributed by atoms with E-state index in [4.69, 9.17) is 11.6 Å². The van der Waals surface area contributed by atoms with E-state index in [9.17, 15) is 4.79 Å². The minimum absolute atomic E-state index is 0.0962. The summed E-state index contributed by atoms with van der Waals surface area (Å²) in [4.78, 5) is 17.7. The van der Waals surface area contributed by atoms with E-state index in [0.717, 1.165) is 52.0 Å². The second-order valence-electron chi connectivity index (χ2n) is 8.38. The summed E-state index contributed by atoms with van der Waals surface area (Å²) in [6, 6.07) is 15.7. The normalized spacial score (nSPS) is 11.2. The molecule has 0 radical (unpaired) electrons. The molecule has 9 heteroatoms. The van der Waals surface area contributed by atoms with Crippen molar-refractivity contribution >= 4 is 11.6 Å². The lowest BCUT2D eigenvalue weighted by Gasteiger charge is -2.10. The van der Waals surface area contributed by atoms with Crippen molar-refractivity contribution in [3.8, 4) is 28.2 Å². The van der Waals surface area contributed by atoms with E-state index in [2.05, 4.69) is 32.5 Å². The van der Waals surface area contributed by atoms with Crippen LogP contribution in [0.3, 0.4) is 0 Å². The maximum absolute atomic E-state index is 13.5. The fraction of sp³-hybridized carbons (Fsp3) is 0.192. The monoisotopic (exact) mass is 485 g/mol. The summed E-state index contributed by atoms with van der Waals surface area (Å²) in [7, 11) is 0. The number of H-pyrrole nitrogens is 1. The van der Waals surface area contributed by atoms with Gasteiger partial charge in [0.2, 0.25) is 0 Å². The first kappa shape index (κ1) is 22.7. The molecule has 3 aromatic heterocycles. The van der Waals surface area contributed by atoms with Gasteiger partial charge < -0.3 is 0 Å². The van der Waals surface area contributed by atoms with Crippen molar-refractivity contribution in [2.24, 2.45) is 0 Å². The number of nitrogens with one attached hydrogen (secondary N) is 1. The fourth-order valence-electron chi connectivity index (χ4n) is 4.32. The average molecular weight is 486 g/mol. The molecule has 1 N–H and O–H groups in total. The summed E-state index contributed by atoms with van der Waals surface area (Å²) < 4.78 is 3.50. The summed E-state index contributed by atoms with van der Waals surface area (Å²) in [6.07, 6.45) is 7.16. The van der Waals surface area contributed by atoms with Crippen LogP contribution in [0.25, 0.3) is 28.2 Å². The third-order valence-corrected chi connectivity index (χ3v) is 6.33. The lowest BCUT2D eigenvalue weighted by Crippen LogP contribution is -2.25. The Morgan fingerprint density at radius 3 is 2.60 bits per heavy atom. The predicted molar refractivity (Wildman–Crippen MR) is 136 cm³/mol. The number of para-hydroxylation sites is 1. The van der Waals surface area contributed by atoms with Crippen molar-refractivity contribution in [1.29, 1.82) is 0 Å².